The first-order valence-corrected chi connectivity index (χ1v) is 6.15. The van der Waals surface area contributed by atoms with Crippen LogP contribution in [0.3, 0.4) is 0 Å². The molecule has 0 radical (unpaired) electrons. The van der Waals surface area contributed by atoms with Crippen molar-refractivity contribution in [2.24, 2.45) is 11.8 Å². The molecule has 1 aromatic rings. The Bertz CT molecular complexity index is 369. The smallest absolute Gasteiger partial charge is 0.128 e. The molecule has 1 aromatic carbocycles. The monoisotopic (exact) mass is 218 g/mol. The lowest BCUT2D eigenvalue weighted by atomic mass is 9.95. The van der Waals surface area contributed by atoms with E-state index >= 15 is 0 Å². The zero-order valence-electron chi connectivity index (χ0n) is 9.60. The Kier molecular flexibility index (Phi) is 2.40. The Balaban J connectivity index is 1.73. The highest BCUT2D eigenvalue weighted by Gasteiger charge is 2.48. The maximum Gasteiger partial charge on any atom is 0.128 e. The van der Waals surface area contributed by atoms with Gasteiger partial charge in [0.1, 0.15) is 11.9 Å². The summed E-state index contributed by atoms with van der Waals surface area (Å²) in [7, 11) is 0. The molecule has 3 rings (SSSR count). The van der Waals surface area contributed by atoms with E-state index in [2.05, 4.69) is 19.1 Å². The molecule has 4 unspecified atom stereocenters. The molecule has 0 spiro atoms. The highest BCUT2D eigenvalue weighted by molar-refractivity contribution is 5.27. The van der Waals surface area contributed by atoms with Crippen LogP contribution >= 0.6 is 0 Å². The number of fused-ring (bicyclic) bond motifs is 2. The molecule has 16 heavy (non-hydrogen) atoms. The van der Waals surface area contributed by atoms with E-state index in [-0.39, 0.29) is 12.2 Å². The van der Waals surface area contributed by atoms with Gasteiger partial charge in [-0.1, -0.05) is 17.7 Å². The molecule has 1 N–H and O–H groups in total. The van der Waals surface area contributed by atoms with E-state index in [0.29, 0.717) is 11.8 Å². The van der Waals surface area contributed by atoms with Gasteiger partial charge in [0.2, 0.25) is 0 Å². The van der Waals surface area contributed by atoms with E-state index in [1.165, 1.54) is 18.4 Å². The van der Waals surface area contributed by atoms with Crippen LogP contribution in [0.4, 0.5) is 0 Å². The molecule has 2 aliphatic carbocycles. The Hall–Kier alpha value is -1.02. The van der Waals surface area contributed by atoms with Crippen LogP contribution in [0.25, 0.3) is 0 Å². The Morgan fingerprint density at radius 1 is 1.12 bits per heavy atom. The number of hydrogen-bond donors (Lipinski definition) is 1. The van der Waals surface area contributed by atoms with Crippen molar-refractivity contribution in [2.45, 2.75) is 38.4 Å². The van der Waals surface area contributed by atoms with Gasteiger partial charge in [-0.2, -0.15) is 0 Å². The van der Waals surface area contributed by atoms with E-state index in [9.17, 15) is 5.11 Å². The van der Waals surface area contributed by atoms with Gasteiger partial charge in [-0.05, 0) is 50.2 Å². The summed E-state index contributed by atoms with van der Waals surface area (Å²) in [5, 5.41) is 10.1. The van der Waals surface area contributed by atoms with Crippen LogP contribution in [0, 0.1) is 18.8 Å². The molecule has 2 nitrogen and oxygen atoms in total. The number of ether oxygens (including phenoxy) is 1. The lowest BCUT2D eigenvalue weighted by Crippen LogP contribution is -2.37. The quantitative estimate of drug-likeness (QED) is 0.826. The Morgan fingerprint density at radius 3 is 2.44 bits per heavy atom. The fourth-order valence-electron chi connectivity index (χ4n) is 3.15. The van der Waals surface area contributed by atoms with Crippen molar-refractivity contribution in [2.75, 3.05) is 0 Å². The largest absolute Gasteiger partial charge is 0.487 e. The summed E-state index contributed by atoms with van der Waals surface area (Å²) in [6, 6.07) is 8.09. The summed E-state index contributed by atoms with van der Waals surface area (Å²) in [4.78, 5) is 0. The first kappa shape index (κ1) is 10.2. The van der Waals surface area contributed by atoms with Gasteiger partial charge < -0.3 is 9.84 Å². The third-order valence-electron chi connectivity index (χ3n) is 4.09. The van der Waals surface area contributed by atoms with E-state index in [1.807, 2.05) is 12.1 Å². The molecule has 0 amide bonds. The van der Waals surface area contributed by atoms with Crippen molar-refractivity contribution in [3.63, 3.8) is 0 Å². The number of aliphatic hydroxyl groups is 1. The van der Waals surface area contributed by atoms with Crippen molar-refractivity contribution in [3.05, 3.63) is 29.8 Å². The van der Waals surface area contributed by atoms with Crippen LogP contribution in [0.15, 0.2) is 24.3 Å². The van der Waals surface area contributed by atoms with Crippen LogP contribution in [0.1, 0.15) is 24.8 Å². The molecule has 2 heteroatoms. The zero-order chi connectivity index (χ0) is 11.1. The molecule has 0 heterocycles. The second-order valence-corrected chi connectivity index (χ2v) is 5.22. The van der Waals surface area contributed by atoms with Crippen LogP contribution in [0.5, 0.6) is 5.75 Å². The molecule has 4 atom stereocenters. The van der Waals surface area contributed by atoms with Gasteiger partial charge in [0.15, 0.2) is 0 Å². The summed E-state index contributed by atoms with van der Waals surface area (Å²) < 4.78 is 5.93. The summed E-state index contributed by atoms with van der Waals surface area (Å²) >= 11 is 0. The molecule has 2 aliphatic rings. The average Bonchev–Trinajstić information content (AvgIpc) is 2.85. The highest BCUT2D eigenvalue weighted by Crippen LogP contribution is 2.46. The van der Waals surface area contributed by atoms with Crippen LogP contribution in [0.2, 0.25) is 0 Å². The normalized spacial score (nSPS) is 36.6. The second kappa shape index (κ2) is 3.77. The van der Waals surface area contributed by atoms with E-state index in [1.54, 1.807) is 0 Å². The van der Waals surface area contributed by atoms with Gasteiger partial charge in [0.25, 0.3) is 0 Å². The number of aryl methyl sites for hydroxylation is 1. The average molecular weight is 218 g/mol. The molecule has 2 fully saturated rings. The summed E-state index contributed by atoms with van der Waals surface area (Å²) in [6.45, 7) is 2.07. The van der Waals surface area contributed by atoms with E-state index in [0.717, 1.165) is 12.2 Å². The standard InChI is InChI=1S/C14H18O2/c1-9-2-6-12(7-3-9)16-14-11-5-4-10(8-11)13(14)15/h2-3,6-7,10-11,13-15H,4-5,8H2,1H3. The third kappa shape index (κ3) is 1.61. The number of rotatable bonds is 2. The van der Waals surface area contributed by atoms with Crippen LogP contribution in [-0.2, 0) is 0 Å². The minimum Gasteiger partial charge on any atom is -0.487 e. The molecule has 0 aliphatic heterocycles. The Morgan fingerprint density at radius 2 is 1.81 bits per heavy atom. The first-order valence-electron chi connectivity index (χ1n) is 6.15. The summed E-state index contributed by atoms with van der Waals surface area (Å²) in [5.41, 5.74) is 1.24. The van der Waals surface area contributed by atoms with Crippen molar-refractivity contribution in [1.82, 2.24) is 0 Å². The van der Waals surface area contributed by atoms with Gasteiger partial charge in [-0.15, -0.1) is 0 Å². The van der Waals surface area contributed by atoms with Crippen molar-refractivity contribution < 1.29 is 9.84 Å². The summed E-state index contributed by atoms with van der Waals surface area (Å²) in [6.07, 6.45) is 3.33. The van der Waals surface area contributed by atoms with Gasteiger partial charge in [-0.3, -0.25) is 0 Å². The van der Waals surface area contributed by atoms with Crippen molar-refractivity contribution in [1.29, 1.82) is 0 Å². The second-order valence-electron chi connectivity index (χ2n) is 5.22. The minimum absolute atomic E-state index is 0.0291. The molecule has 2 bridgehead atoms. The van der Waals surface area contributed by atoms with Crippen LogP contribution < -0.4 is 4.74 Å². The molecule has 0 saturated heterocycles. The maximum absolute atomic E-state index is 10.1. The van der Waals surface area contributed by atoms with Crippen molar-refractivity contribution >= 4 is 0 Å². The molecule has 2 saturated carbocycles. The molecule has 86 valence electrons. The predicted octanol–water partition coefficient (Wildman–Crippen LogP) is 2.53. The zero-order valence-corrected chi connectivity index (χ0v) is 9.60. The minimum atomic E-state index is -0.250. The lowest BCUT2D eigenvalue weighted by Gasteiger charge is -2.27. The topological polar surface area (TPSA) is 29.5 Å². The molecular formula is C14H18O2. The van der Waals surface area contributed by atoms with E-state index < -0.39 is 0 Å². The third-order valence-corrected chi connectivity index (χ3v) is 4.09. The fourth-order valence-corrected chi connectivity index (χ4v) is 3.15. The van der Waals surface area contributed by atoms with Gasteiger partial charge >= 0.3 is 0 Å². The first-order chi connectivity index (χ1) is 7.74. The van der Waals surface area contributed by atoms with Gasteiger partial charge in [0.05, 0.1) is 6.10 Å². The number of hydrogen-bond acceptors (Lipinski definition) is 2. The highest BCUT2D eigenvalue weighted by atomic mass is 16.5. The van der Waals surface area contributed by atoms with Crippen LogP contribution in [-0.4, -0.2) is 17.3 Å². The molecular weight excluding hydrogens is 200 g/mol. The fraction of sp³-hybridized carbons (Fsp3) is 0.571. The number of benzene rings is 1. The summed E-state index contributed by atoms with van der Waals surface area (Å²) in [5.74, 6) is 1.95. The van der Waals surface area contributed by atoms with Gasteiger partial charge in [0, 0.05) is 0 Å². The maximum atomic E-state index is 10.1. The number of aliphatic hydroxyl groups excluding tert-OH is 1. The predicted molar refractivity (Wildman–Crippen MR) is 62.4 cm³/mol. The SMILES string of the molecule is Cc1ccc(OC2C3CCC(C3)C2O)cc1. The van der Waals surface area contributed by atoms with E-state index in [4.69, 9.17) is 4.74 Å². The lowest BCUT2D eigenvalue weighted by molar-refractivity contribution is -0.000662. The molecule has 0 aromatic heterocycles. The van der Waals surface area contributed by atoms with Gasteiger partial charge in [-0.25, -0.2) is 0 Å². The Labute approximate surface area is 96.2 Å². The van der Waals surface area contributed by atoms with Crippen molar-refractivity contribution in [3.8, 4) is 5.75 Å².